The van der Waals surface area contributed by atoms with Gasteiger partial charge in [-0.3, -0.25) is 0 Å². The first-order valence-electron chi connectivity index (χ1n) is 6.59. The highest BCUT2D eigenvalue weighted by molar-refractivity contribution is 8.01. The molecule has 2 nitrogen and oxygen atoms in total. The molecule has 0 aliphatic carbocycles. The van der Waals surface area contributed by atoms with Gasteiger partial charge >= 0.3 is 0 Å². The normalized spacial score (nSPS) is 12.7. The largest absolute Gasteiger partial charge is 0.328 e. The summed E-state index contributed by atoms with van der Waals surface area (Å²) in [5.74, 6) is 0. The minimum absolute atomic E-state index is 0.173. The van der Waals surface area contributed by atoms with Gasteiger partial charge in [-0.05, 0) is 37.1 Å². The van der Waals surface area contributed by atoms with E-state index in [4.69, 9.17) is 5.73 Å². The van der Waals surface area contributed by atoms with Crippen molar-refractivity contribution >= 4 is 33.3 Å². The zero-order valence-corrected chi connectivity index (χ0v) is 12.9. The molecule has 4 heteroatoms. The molecule has 2 N–H and O–H groups in total. The maximum absolute atomic E-state index is 5.93. The summed E-state index contributed by atoms with van der Waals surface area (Å²) in [5, 5.41) is 0. The summed E-state index contributed by atoms with van der Waals surface area (Å²) in [6, 6.07) is 16.9. The predicted octanol–water partition coefficient (Wildman–Crippen LogP) is 4.34. The SMILES string of the molecule is CC(N)Cc1ccccc1Sc1nc2ccccc2s1. The van der Waals surface area contributed by atoms with Crippen molar-refractivity contribution < 1.29 is 0 Å². The summed E-state index contributed by atoms with van der Waals surface area (Å²) < 4.78 is 2.32. The summed E-state index contributed by atoms with van der Waals surface area (Å²) >= 11 is 3.47. The highest BCUT2D eigenvalue weighted by atomic mass is 32.2. The van der Waals surface area contributed by atoms with Crippen molar-refractivity contribution in [3.8, 4) is 0 Å². The van der Waals surface area contributed by atoms with Crippen molar-refractivity contribution in [2.45, 2.75) is 28.6 Å². The average Bonchev–Trinajstić information content (AvgIpc) is 2.82. The Balaban J connectivity index is 1.90. The molecule has 0 aliphatic rings. The fraction of sp³-hybridized carbons (Fsp3) is 0.188. The number of nitrogens with two attached hydrogens (primary N) is 1. The number of nitrogens with zero attached hydrogens (tertiary/aromatic N) is 1. The third kappa shape index (κ3) is 3.03. The molecule has 1 atom stereocenters. The first-order chi connectivity index (χ1) is 9.72. The molecule has 3 rings (SSSR count). The average molecular weight is 300 g/mol. The van der Waals surface area contributed by atoms with Gasteiger partial charge in [0, 0.05) is 10.9 Å². The first-order valence-corrected chi connectivity index (χ1v) is 8.22. The minimum atomic E-state index is 0.173. The van der Waals surface area contributed by atoms with Gasteiger partial charge in [0.05, 0.1) is 10.2 Å². The Bertz CT molecular complexity index is 686. The van der Waals surface area contributed by atoms with Crippen molar-refractivity contribution in [3.05, 3.63) is 54.1 Å². The maximum Gasteiger partial charge on any atom is 0.155 e. The van der Waals surface area contributed by atoms with Crippen LogP contribution in [0.4, 0.5) is 0 Å². The number of fused-ring (bicyclic) bond motifs is 1. The van der Waals surface area contributed by atoms with E-state index in [-0.39, 0.29) is 6.04 Å². The van der Waals surface area contributed by atoms with Crippen LogP contribution in [0.2, 0.25) is 0 Å². The smallest absolute Gasteiger partial charge is 0.155 e. The van der Waals surface area contributed by atoms with Gasteiger partial charge in [-0.25, -0.2) is 4.98 Å². The molecular weight excluding hydrogens is 284 g/mol. The molecule has 102 valence electrons. The van der Waals surface area contributed by atoms with Crippen molar-refractivity contribution in [1.82, 2.24) is 4.98 Å². The van der Waals surface area contributed by atoms with Crippen LogP contribution in [-0.2, 0) is 6.42 Å². The highest BCUT2D eigenvalue weighted by Crippen LogP contribution is 2.36. The molecule has 0 radical (unpaired) electrons. The number of thiazole rings is 1. The lowest BCUT2D eigenvalue weighted by atomic mass is 10.1. The lowest BCUT2D eigenvalue weighted by Crippen LogP contribution is -2.18. The first kappa shape index (κ1) is 13.6. The molecule has 0 amide bonds. The van der Waals surface area contributed by atoms with Crippen molar-refractivity contribution in [2.75, 3.05) is 0 Å². The Labute approximate surface area is 127 Å². The van der Waals surface area contributed by atoms with Crippen LogP contribution < -0.4 is 5.73 Å². The van der Waals surface area contributed by atoms with Crippen molar-refractivity contribution in [3.63, 3.8) is 0 Å². The Morgan fingerprint density at radius 1 is 1.15 bits per heavy atom. The van der Waals surface area contributed by atoms with Gasteiger partial charge in [-0.15, -0.1) is 11.3 Å². The minimum Gasteiger partial charge on any atom is -0.328 e. The Kier molecular flexibility index (Phi) is 4.05. The third-order valence-electron chi connectivity index (χ3n) is 2.99. The fourth-order valence-corrected chi connectivity index (χ4v) is 4.27. The van der Waals surface area contributed by atoms with E-state index in [2.05, 4.69) is 47.4 Å². The van der Waals surface area contributed by atoms with Gasteiger partial charge in [0.15, 0.2) is 4.34 Å². The molecule has 0 spiro atoms. The van der Waals surface area contributed by atoms with Gasteiger partial charge in [-0.1, -0.05) is 42.1 Å². The van der Waals surface area contributed by atoms with E-state index >= 15 is 0 Å². The Morgan fingerprint density at radius 3 is 2.70 bits per heavy atom. The second kappa shape index (κ2) is 5.95. The monoisotopic (exact) mass is 300 g/mol. The summed E-state index contributed by atoms with van der Waals surface area (Å²) in [5.41, 5.74) is 8.30. The van der Waals surface area contributed by atoms with Crippen LogP contribution in [0, 0.1) is 0 Å². The Morgan fingerprint density at radius 2 is 1.90 bits per heavy atom. The maximum atomic E-state index is 5.93. The van der Waals surface area contributed by atoms with Crippen LogP contribution >= 0.6 is 23.1 Å². The standard InChI is InChI=1S/C16H16N2S2/c1-11(17)10-12-6-2-4-8-14(12)19-16-18-13-7-3-5-9-15(13)20-16/h2-9,11H,10,17H2,1H3. The molecule has 1 aromatic heterocycles. The second-order valence-electron chi connectivity index (χ2n) is 4.84. The number of para-hydroxylation sites is 1. The van der Waals surface area contributed by atoms with Crippen molar-refractivity contribution in [1.29, 1.82) is 0 Å². The van der Waals surface area contributed by atoms with Crippen LogP contribution in [0.3, 0.4) is 0 Å². The predicted molar refractivity (Wildman–Crippen MR) is 87.5 cm³/mol. The van der Waals surface area contributed by atoms with Crippen LogP contribution in [0.25, 0.3) is 10.2 Å². The number of aromatic nitrogens is 1. The summed E-state index contributed by atoms with van der Waals surface area (Å²) in [6.07, 6.45) is 0.897. The third-order valence-corrected chi connectivity index (χ3v) is 5.20. The van der Waals surface area contributed by atoms with Crippen LogP contribution in [-0.4, -0.2) is 11.0 Å². The summed E-state index contributed by atoms with van der Waals surface area (Å²) in [7, 11) is 0. The zero-order chi connectivity index (χ0) is 13.9. The Hall–Kier alpha value is -1.36. The van der Waals surface area contributed by atoms with Crippen LogP contribution in [0.5, 0.6) is 0 Å². The van der Waals surface area contributed by atoms with E-state index in [1.165, 1.54) is 15.2 Å². The number of hydrogen-bond acceptors (Lipinski definition) is 4. The highest BCUT2D eigenvalue weighted by Gasteiger charge is 2.09. The van der Waals surface area contributed by atoms with Gasteiger partial charge in [0.2, 0.25) is 0 Å². The molecule has 0 fully saturated rings. The van der Waals surface area contributed by atoms with Gasteiger partial charge in [0.1, 0.15) is 0 Å². The molecule has 1 heterocycles. The zero-order valence-electron chi connectivity index (χ0n) is 11.2. The van der Waals surface area contributed by atoms with E-state index in [1.807, 2.05) is 13.0 Å². The molecule has 0 aliphatic heterocycles. The van der Waals surface area contributed by atoms with Crippen LogP contribution in [0.1, 0.15) is 12.5 Å². The van der Waals surface area contributed by atoms with Crippen molar-refractivity contribution in [2.24, 2.45) is 5.73 Å². The van der Waals surface area contributed by atoms with Crippen LogP contribution in [0.15, 0.2) is 57.8 Å². The quantitative estimate of drug-likeness (QED) is 0.779. The number of rotatable bonds is 4. The van der Waals surface area contributed by atoms with E-state index in [0.29, 0.717) is 0 Å². The molecule has 0 saturated heterocycles. The van der Waals surface area contributed by atoms with E-state index in [1.54, 1.807) is 23.1 Å². The van der Waals surface area contributed by atoms with E-state index in [9.17, 15) is 0 Å². The molecule has 0 bridgehead atoms. The molecule has 1 unspecified atom stereocenters. The molecule has 20 heavy (non-hydrogen) atoms. The van der Waals surface area contributed by atoms with E-state index in [0.717, 1.165) is 16.3 Å². The molecule has 2 aromatic carbocycles. The summed E-state index contributed by atoms with van der Waals surface area (Å²) in [6.45, 7) is 2.04. The van der Waals surface area contributed by atoms with Gasteiger partial charge in [0.25, 0.3) is 0 Å². The summed E-state index contributed by atoms with van der Waals surface area (Å²) in [4.78, 5) is 5.93. The topological polar surface area (TPSA) is 38.9 Å². The second-order valence-corrected chi connectivity index (χ2v) is 7.16. The molecule has 3 aromatic rings. The van der Waals surface area contributed by atoms with E-state index < -0.39 is 0 Å². The lowest BCUT2D eigenvalue weighted by Gasteiger charge is -2.09. The molecular formula is C16H16N2S2. The fourth-order valence-electron chi connectivity index (χ4n) is 2.11. The number of hydrogen-bond donors (Lipinski definition) is 1. The number of benzene rings is 2. The molecule has 0 saturated carbocycles. The lowest BCUT2D eigenvalue weighted by molar-refractivity contribution is 0.729. The van der Waals surface area contributed by atoms with Gasteiger partial charge < -0.3 is 5.73 Å². The van der Waals surface area contributed by atoms with Gasteiger partial charge in [-0.2, -0.15) is 0 Å².